The summed E-state index contributed by atoms with van der Waals surface area (Å²) in [5, 5.41) is 14.6. The predicted molar refractivity (Wildman–Crippen MR) is 101 cm³/mol. The van der Waals surface area contributed by atoms with Crippen LogP contribution in [0.15, 0.2) is 30.3 Å². The van der Waals surface area contributed by atoms with Crippen LogP contribution < -0.4 is 10.6 Å². The number of aliphatic carboxylic acids is 1. The van der Waals surface area contributed by atoms with Crippen LogP contribution in [0, 0.1) is 5.92 Å². The van der Waals surface area contributed by atoms with E-state index >= 15 is 0 Å². The van der Waals surface area contributed by atoms with Crippen LogP contribution in [-0.2, 0) is 25.6 Å². The lowest BCUT2D eigenvalue weighted by atomic mass is 10.0. The lowest BCUT2D eigenvalue weighted by molar-refractivity contribution is -0.142. The van der Waals surface area contributed by atoms with E-state index in [-0.39, 0.29) is 31.0 Å². The lowest BCUT2D eigenvalue weighted by Crippen LogP contribution is -2.52. The Morgan fingerprint density at radius 2 is 1.59 bits per heavy atom. The number of carbonyl (C=O) groups is 4. The standard InChI is InChI=1S/C20H28N2O5/c1-13(2)11-16(21-18(24)10-9-14(3)23)19(25)22-17(20(26)27)12-15-7-5-4-6-8-15/h4-8,13,16-17H,9-12H2,1-3H3,(H,21,24)(H,22,25)(H,26,27)/t16-,17-/m0/s1. The minimum Gasteiger partial charge on any atom is -0.480 e. The van der Waals surface area contributed by atoms with Gasteiger partial charge in [-0.3, -0.25) is 9.59 Å². The smallest absolute Gasteiger partial charge is 0.326 e. The van der Waals surface area contributed by atoms with Gasteiger partial charge in [0.05, 0.1) is 0 Å². The molecule has 0 aliphatic rings. The maximum Gasteiger partial charge on any atom is 0.326 e. The molecule has 27 heavy (non-hydrogen) atoms. The Labute approximate surface area is 159 Å². The van der Waals surface area contributed by atoms with Crippen LogP contribution in [0.4, 0.5) is 0 Å². The Hall–Kier alpha value is -2.70. The Morgan fingerprint density at radius 3 is 2.11 bits per heavy atom. The molecular formula is C20H28N2O5. The van der Waals surface area contributed by atoms with Crippen LogP contribution in [0.25, 0.3) is 0 Å². The normalized spacial score (nSPS) is 12.9. The molecule has 0 bridgehead atoms. The number of hydrogen-bond acceptors (Lipinski definition) is 4. The fourth-order valence-electron chi connectivity index (χ4n) is 2.58. The Balaban J connectivity index is 2.78. The van der Waals surface area contributed by atoms with Gasteiger partial charge in [0.1, 0.15) is 17.9 Å². The Morgan fingerprint density at radius 1 is 0.963 bits per heavy atom. The number of nitrogens with one attached hydrogen (secondary N) is 2. The fourth-order valence-corrected chi connectivity index (χ4v) is 2.58. The van der Waals surface area contributed by atoms with Crippen LogP contribution >= 0.6 is 0 Å². The molecule has 0 radical (unpaired) electrons. The summed E-state index contributed by atoms with van der Waals surface area (Å²) in [5.74, 6) is -2.07. The van der Waals surface area contributed by atoms with Gasteiger partial charge < -0.3 is 20.5 Å². The summed E-state index contributed by atoms with van der Waals surface area (Å²) >= 11 is 0. The summed E-state index contributed by atoms with van der Waals surface area (Å²) in [5.41, 5.74) is 0.788. The van der Waals surface area contributed by atoms with Crippen molar-refractivity contribution in [3.05, 3.63) is 35.9 Å². The molecule has 0 saturated carbocycles. The molecule has 0 aliphatic carbocycles. The minimum atomic E-state index is -1.14. The molecule has 0 aromatic heterocycles. The highest BCUT2D eigenvalue weighted by Gasteiger charge is 2.27. The molecule has 1 rings (SSSR count). The van der Waals surface area contributed by atoms with E-state index in [1.165, 1.54) is 6.92 Å². The predicted octanol–water partition coefficient (Wildman–Crippen LogP) is 1.70. The molecule has 7 heteroatoms. The molecule has 0 saturated heterocycles. The average Bonchev–Trinajstić information content (AvgIpc) is 2.59. The third kappa shape index (κ3) is 8.99. The third-order valence-corrected chi connectivity index (χ3v) is 3.96. The number of hydrogen-bond donors (Lipinski definition) is 3. The molecule has 2 atom stereocenters. The molecular weight excluding hydrogens is 348 g/mol. The zero-order valence-electron chi connectivity index (χ0n) is 16.0. The van der Waals surface area contributed by atoms with Crippen molar-refractivity contribution >= 4 is 23.6 Å². The van der Waals surface area contributed by atoms with Gasteiger partial charge in [-0.1, -0.05) is 44.2 Å². The minimum absolute atomic E-state index is 0.00355. The molecule has 0 heterocycles. The average molecular weight is 376 g/mol. The van der Waals surface area contributed by atoms with Crippen molar-refractivity contribution in [3.63, 3.8) is 0 Å². The van der Waals surface area contributed by atoms with Gasteiger partial charge >= 0.3 is 5.97 Å². The first-order valence-electron chi connectivity index (χ1n) is 9.05. The topological polar surface area (TPSA) is 113 Å². The number of carboxylic acids is 1. The number of amides is 2. The second-order valence-electron chi connectivity index (χ2n) is 7.04. The molecule has 2 amide bonds. The van der Waals surface area contributed by atoms with E-state index in [0.717, 1.165) is 5.56 Å². The van der Waals surface area contributed by atoms with E-state index in [9.17, 15) is 24.3 Å². The molecule has 3 N–H and O–H groups in total. The Bertz CT molecular complexity index is 658. The molecule has 0 fully saturated rings. The fraction of sp³-hybridized carbons (Fsp3) is 0.500. The summed E-state index contributed by atoms with van der Waals surface area (Å²) in [6.07, 6.45) is 0.626. The molecule has 1 aromatic carbocycles. The van der Waals surface area contributed by atoms with E-state index in [4.69, 9.17) is 0 Å². The summed E-state index contributed by atoms with van der Waals surface area (Å²) in [7, 11) is 0. The van der Waals surface area contributed by atoms with Crippen molar-refractivity contribution in [3.8, 4) is 0 Å². The number of ketones is 1. The van der Waals surface area contributed by atoms with Crippen LogP contribution in [0.2, 0.25) is 0 Å². The van der Waals surface area contributed by atoms with Crippen molar-refractivity contribution in [1.82, 2.24) is 10.6 Å². The number of benzene rings is 1. The van der Waals surface area contributed by atoms with Crippen molar-refractivity contribution in [2.45, 2.75) is 58.5 Å². The van der Waals surface area contributed by atoms with Crippen molar-refractivity contribution in [2.75, 3.05) is 0 Å². The largest absolute Gasteiger partial charge is 0.480 e. The number of carboxylic acid groups (broad SMARTS) is 1. The molecule has 1 aromatic rings. The lowest BCUT2D eigenvalue weighted by Gasteiger charge is -2.23. The SMILES string of the molecule is CC(=O)CCC(=O)N[C@@H](CC(C)C)C(=O)N[C@@H](Cc1ccccc1)C(=O)O. The van der Waals surface area contributed by atoms with Crippen molar-refractivity contribution in [1.29, 1.82) is 0 Å². The highest BCUT2D eigenvalue weighted by Crippen LogP contribution is 2.08. The number of carbonyl (C=O) groups excluding carboxylic acids is 3. The van der Waals surface area contributed by atoms with E-state index in [2.05, 4.69) is 10.6 Å². The quantitative estimate of drug-likeness (QED) is 0.544. The summed E-state index contributed by atoms with van der Waals surface area (Å²) in [6, 6.07) is 7.06. The molecule has 0 unspecified atom stereocenters. The van der Waals surface area contributed by atoms with Gasteiger partial charge in [-0.05, 0) is 24.8 Å². The first kappa shape index (κ1) is 22.3. The van der Waals surface area contributed by atoms with Gasteiger partial charge in [-0.2, -0.15) is 0 Å². The first-order chi connectivity index (χ1) is 12.7. The van der Waals surface area contributed by atoms with E-state index in [1.54, 1.807) is 24.3 Å². The highest BCUT2D eigenvalue weighted by molar-refractivity contribution is 5.91. The number of Topliss-reactive ketones (excluding diaryl/α,β-unsaturated/α-hetero) is 1. The zero-order chi connectivity index (χ0) is 20.4. The molecule has 148 valence electrons. The second kappa shape index (κ2) is 11.1. The van der Waals surface area contributed by atoms with Crippen LogP contribution in [-0.4, -0.2) is 40.8 Å². The maximum atomic E-state index is 12.6. The van der Waals surface area contributed by atoms with Gasteiger partial charge in [0.15, 0.2) is 0 Å². The Kier molecular flexibility index (Phi) is 9.19. The van der Waals surface area contributed by atoms with Crippen LogP contribution in [0.5, 0.6) is 0 Å². The van der Waals surface area contributed by atoms with Gasteiger partial charge in [-0.25, -0.2) is 4.79 Å². The molecule has 0 spiro atoms. The van der Waals surface area contributed by atoms with Crippen molar-refractivity contribution < 1.29 is 24.3 Å². The molecule has 7 nitrogen and oxygen atoms in total. The highest BCUT2D eigenvalue weighted by atomic mass is 16.4. The maximum absolute atomic E-state index is 12.6. The van der Waals surface area contributed by atoms with E-state index in [0.29, 0.717) is 6.42 Å². The van der Waals surface area contributed by atoms with Gasteiger partial charge in [0, 0.05) is 19.3 Å². The van der Waals surface area contributed by atoms with E-state index in [1.807, 2.05) is 19.9 Å². The van der Waals surface area contributed by atoms with Crippen molar-refractivity contribution in [2.24, 2.45) is 5.92 Å². The first-order valence-corrected chi connectivity index (χ1v) is 9.05. The van der Waals surface area contributed by atoms with Gasteiger partial charge in [0.25, 0.3) is 0 Å². The summed E-state index contributed by atoms with van der Waals surface area (Å²) < 4.78 is 0. The van der Waals surface area contributed by atoms with Crippen LogP contribution in [0.1, 0.15) is 45.6 Å². The van der Waals surface area contributed by atoms with Crippen LogP contribution in [0.3, 0.4) is 0 Å². The molecule has 0 aliphatic heterocycles. The third-order valence-electron chi connectivity index (χ3n) is 3.96. The summed E-state index contributed by atoms with van der Waals surface area (Å²) in [4.78, 5) is 47.2. The summed E-state index contributed by atoms with van der Waals surface area (Å²) in [6.45, 7) is 5.20. The van der Waals surface area contributed by atoms with Gasteiger partial charge in [-0.15, -0.1) is 0 Å². The second-order valence-corrected chi connectivity index (χ2v) is 7.04. The van der Waals surface area contributed by atoms with Gasteiger partial charge in [0.2, 0.25) is 11.8 Å². The number of rotatable bonds is 11. The monoisotopic (exact) mass is 376 g/mol. The van der Waals surface area contributed by atoms with E-state index < -0.39 is 29.9 Å². The zero-order valence-corrected chi connectivity index (χ0v) is 16.0.